The fraction of sp³-hybridized carbons (Fsp3) is 0.538. The van der Waals surface area contributed by atoms with Crippen molar-refractivity contribution in [3.05, 3.63) is 27.7 Å². The maximum absolute atomic E-state index is 10.2. The van der Waals surface area contributed by atoms with Gasteiger partial charge in [0, 0.05) is 22.0 Å². The highest BCUT2D eigenvalue weighted by Gasteiger charge is 2.36. The molecule has 1 aromatic rings. The molecule has 0 unspecified atom stereocenters. The minimum absolute atomic E-state index is 0.00137. The SMILES string of the molecule is Cc1cc(Br)cc(C2(CN)CCCC2)c1O. The normalized spacial score (nSPS) is 18.9. The standard InChI is InChI=1S/C13H18BrNO/c1-9-6-10(14)7-11(12(9)16)13(8-15)4-2-3-5-13/h6-7,16H,2-5,8,15H2,1H3. The van der Waals surface area contributed by atoms with Gasteiger partial charge in [0.25, 0.3) is 0 Å². The second-order valence-electron chi connectivity index (χ2n) is 4.81. The van der Waals surface area contributed by atoms with Crippen LogP contribution in [0.15, 0.2) is 16.6 Å². The van der Waals surface area contributed by atoms with Crippen molar-refractivity contribution in [1.82, 2.24) is 0 Å². The van der Waals surface area contributed by atoms with E-state index in [2.05, 4.69) is 15.9 Å². The van der Waals surface area contributed by atoms with E-state index in [1.54, 1.807) is 0 Å². The van der Waals surface area contributed by atoms with Crippen LogP contribution in [0.5, 0.6) is 5.75 Å². The summed E-state index contributed by atoms with van der Waals surface area (Å²) in [5.41, 5.74) is 7.89. The molecule has 0 bridgehead atoms. The number of aromatic hydroxyl groups is 1. The van der Waals surface area contributed by atoms with E-state index < -0.39 is 0 Å². The summed E-state index contributed by atoms with van der Waals surface area (Å²) in [6, 6.07) is 3.97. The number of nitrogens with two attached hydrogens (primary N) is 1. The largest absolute Gasteiger partial charge is 0.507 e. The van der Waals surface area contributed by atoms with E-state index in [1.165, 1.54) is 12.8 Å². The van der Waals surface area contributed by atoms with Crippen LogP contribution in [0.4, 0.5) is 0 Å². The van der Waals surface area contributed by atoms with Crippen LogP contribution in [0, 0.1) is 6.92 Å². The van der Waals surface area contributed by atoms with Crippen molar-refractivity contribution in [2.45, 2.75) is 38.0 Å². The summed E-state index contributed by atoms with van der Waals surface area (Å²) < 4.78 is 1.03. The van der Waals surface area contributed by atoms with Crippen molar-refractivity contribution in [2.24, 2.45) is 5.73 Å². The summed E-state index contributed by atoms with van der Waals surface area (Å²) in [5.74, 6) is 0.426. The molecule has 0 aromatic heterocycles. The molecule has 1 aliphatic rings. The average molecular weight is 284 g/mol. The van der Waals surface area contributed by atoms with Gasteiger partial charge in [-0.25, -0.2) is 0 Å². The Morgan fingerprint density at radius 2 is 2.00 bits per heavy atom. The van der Waals surface area contributed by atoms with Crippen molar-refractivity contribution in [2.75, 3.05) is 6.54 Å². The Bertz CT molecular complexity index is 397. The van der Waals surface area contributed by atoms with E-state index in [0.29, 0.717) is 12.3 Å². The van der Waals surface area contributed by atoms with Crippen LogP contribution >= 0.6 is 15.9 Å². The average Bonchev–Trinajstić information content (AvgIpc) is 2.73. The van der Waals surface area contributed by atoms with Crippen LogP contribution in [-0.4, -0.2) is 11.7 Å². The van der Waals surface area contributed by atoms with E-state index in [-0.39, 0.29) is 5.41 Å². The van der Waals surface area contributed by atoms with Gasteiger partial charge in [0.1, 0.15) is 5.75 Å². The molecular weight excluding hydrogens is 266 g/mol. The van der Waals surface area contributed by atoms with Crippen molar-refractivity contribution >= 4 is 15.9 Å². The summed E-state index contributed by atoms with van der Waals surface area (Å²) >= 11 is 3.50. The zero-order valence-electron chi connectivity index (χ0n) is 9.59. The first-order chi connectivity index (χ1) is 7.59. The molecule has 0 atom stereocenters. The molecule has 1 aliphatic carbocycles. The first kappa shape index (κ1) is 11.9. The van der Waals surface area contributed by atoms with Gasteiger partial charge in [-0.05, 0) is 37.5 Å². The van der Waals surface area contributed by atoms with E-state index in [4.69, 9.17) is 5.73 Å². The van der Waals surface area contributed by atoms with Gasteiger partial charge in [-0.15, -0.1) is 0 Å². The van der Waals surface area contributed by atoms with E-state index in [1.807, 2.05) is 19.1 Å². The van der Waals surface area contributed by atoms with Crippen molar-refractivity contribution in [3.8, 4) is 5.75 Å². The molecule has 1 fully saturated rings. The lowest BCUT2D eigenvalue weighted by atomic mass is 9.78. The third kappa shape index (κ3) is 1.87. The Balaban J connectivity index is 2.53. The highest BCUT2D eigenvalue weighted by atomic mass is 79.9. The maximum Gasteiger partial charge on any atom is 0.122 e. The molecular formula is C13H18BrNO. The van der Waals surface area contributed by atoms with Crippen LogP contribution < -0.4 is 5.73 Å². The molecule has 0 radical (unpaired) electrons. The van der Waals surface area contributed by atoms with Crippen LogP contribution in [0.25, 0.3) is 0 Å². The highest BCUT2D eigenvalue weighted by Crippen LogP contribution is 2.45. The molecule has 0 amide bonds. The topological polar surface area (TPSA) is 46.2 Å². The Morgan fingerprint density at radius 3 is 2.56 bits per heavy atom. The number of halogens is 1. The lowest BCUT2D eigenvalue weighted by molar-refractivity contribution is 0.403. The van der Waals surface area contributed by atoms with Crippen LogP contribution in [0.3, 0.4) is 0 Å². The van der Waals surface area contributed by atoms with Gasteiger partial charge < -0.3 is 10.8 Å². The summed E-state index contributed by atoms with van der Waals surface area (Å²) in [7, 11) is 0. The van der Waals surface area contributed by atoms with Gasteiger partial charge in [-0.2, -0.15) is 0 Å². The molecule has 16 heavy (non-hydrogen) atoms. The van der Waals surface area contributed by atoms with Crippen molar-refractivity contribution < 1.29 is 5.11 Å². The monoisotopic (exact) mass is 283 g/mol. The van der Waals surface area contributed by atoms with Gasteiger partial charge in [0.2, 0.25) is 0 Å². The van der Waals surface area contributed by atoms with Gasteiger partial charge >= 0.3 is 0 Å². The Hall–Kier alpha value is -0.540. The van der Waals surface area contributed by atoms with E-state index in [9.17, 15) is 5.11 Å². The first-order valence-corrected chi connectivity index (χ1v) is 6.58. The molecule has 2 nitrogen and oxygen atoms in total. The number of phenolic OH excluding ortho intramolecular Hbond substituents is 1. The van der Waals surface area contributed by atoms with Crippen LogP contribution in [-0.2, 0) is 5.41 Å². The smallest absolute Gasteiger partial charge is 0.122 e. The maximum atomic E-state index is 10.2. The number of rotatable bonds is 2. The Kier molecular flexibility index (Phi) is 3.27. The third-order valence-electron chi connectivity index (χ3n) is 3.79. The van der Waals surface area contributed by atoms with Crippen molar-refractivity contribution in [1.29, 1.82) is 0 Å². The molecule has 0 spiro atoms. The summed E-state index contributed by atoms with van der Waals surface area (Å²) in [4.78, 5) is 0. The number of hydrogen-bond acceptors (Lipinski definition) is 2. The predicted octanol–water partition coefficient (Wildman–Crippen LogP) is 3.23. The third-order valence-corrected chi connectivity index (χ3v) is 4.25. The predicted molar refractivity (Wildman–Crippen MR) is 69.7 cm³/mol. The summed E-state index contributed by atoms with van der Waals surface area (Å²) in [6.07, 6.45) is 4.60. The van der Waals surface area contributed by atoms with Crippen LogP contribution in [0.2, 0.25) is 0 Å². The van der Waals surface area contributed by atoms with Crippen LogP contribution in [0.1, 0.15) is 36.8 Å². The summed E-state index contributed by atoms with van der Waals surface area (Å²) in [6.45, 7) is 2.55. The highest BCUT2D eigenvalue weighted by molar-refractivity contribution is 9.10. The molecule has 3 heteroatoms. The zero-order valence-corrected chi connectivity index (χ0v) is 11.2. The first-order valence-electron chi connectivity index (χ1n) is 5.79. The molecule has 0 saturated heterocycles. The number of aryl methyl sites for hydroxylation is 1. The zero-order chi connectivity index (χ0) is 11.8. The van der Waals surface area contributed by atoms with E-state index >= 15 is 0 Å². The quantitative estimate of drug-likeness (QED) is 0.875. The Labute approximate surface area is 105 Å². The number of phenols is 1. The molecule has 88 valence electrons. The van der Waals surface area contributed by atoms with Gasteiger partial charge in [-0.1, -0.05) is 28.8 Å². The van der Waals surface area contributed by atoms with E-state index in [0.717, 1.165) is 28.4 Å². The molecule has 2 rings (SSSR count). The van der Waals surface area contributed by atoms with Gasteiger partial charge in [-0.3, -0.25) is 0 Å². The second-order valence-corrected chi connectivity index (χ2v) is 5.73. The van der Waals surface area contributed by atoms with Crippen molar-refractivity contribution in [3.63, 3.8) is 0 Å². The molecule has 1 aromatic carbocycles. The second kappa shape index (κ2) is 4.38. The molecule has 0 heterocycles. The number of benzene rings is 1. The lowest BCUT2D eigenvalue weighted by Crippen LogP contribution is -2.32. The fourth-order valence-corrected chi connectivity index (χ4v) is 3.35. The fourth-order valence-electron chi connectivity index (χ4n) is 2.77. The molecule has 0 aliphatic heterocycles. The molecule has 3 N–H and O–H groups in total. The Morgan fingerprint density at radius 1 is 1.38 bits per heavy atom. The minimum Gasteiger partial charge on any atom is -0.507 e. The summed E-state index contributed by atoms with van der Waals surface area (Å²) in [5, 5.41) is 10.2. The minimum atomic E-state index is -0.00137. The number of hydrogen-bond donors (Lipinski definition) is 2. The molecule has 1 saturated carbocycles. The van der Waals surface area contributed by atoms with Gasteiger partial charge in [0.05, 0.1) is 0 Å². The lowest BCUT2D eigenvalue weighted by Gasteiger charge is -2.29. The van der Waals surface area contributed by atoms with Gasteiger partial charge in [0.15, 0.2) is 0 Å².